The van der Waals surface area contributed by atoms with Gasteiger partial charge in [-0.1, -0.05) is 6.92 Å². The molecule has 0 radical (unpaired) electrons. The van der Waals surface area contributed by atoms with Crippen LogP contribution in [0.25, 0.3) is 0 Å². The minimum atomic E-state index is -1.06. The summed E-state index contributed by atoms with van der Waals surface area (Å²) in [4.78, 5) is 0. The summed E-state index contributed by atoms with van der Waals surface area (Å²) >= 11 is 0. The molecule has 72 valence electrons. The zero-order valence-corrected chi connectivity index (χ0v) is 7.65. The third-order valence-corrected chi connectivity index (χ3v) is 2.43. The number of aliphatic hydroxyl groups is 2. The first-order chi connectivity index (χ1) is 5.55. The SMILES string of the molecule is CC[C@H]1O[C@@](C)(OC)C(O)[C@H]1O. The molecule has 2 N–H and O–H groups in total. The lowest BCUT2D eigenvalue weighted by atomic mass is 10.1. The molecule has 0 aromatic carbocycles. The highest BCUT2D eigenvalue weighted by molar-refractivity contribution is 4.93. The minimum absolute atomic E-state index is 0.329. The van der Waals surface area contributed by atoms with Crippen LogP contribution in [0.5, 0.6) is 0 Å². The zero-order chi connectivity index (χ0) is 9.35. The Morgan fingerprint density at radius 2 is 2.08 bits per heavy atom. The molecule has 1 aliphatic heterocycles. The summed E-state index contributed by atoms with van der Waals surface area (Å²) in [5.41, 5.74) is 0. The molecular formula is C8H16O4. The van der Waals surface area contributed by atoms with Crippen LogP contribution in [-0.2, 0) is 9.47 Å². The van der Waals surface area contributed by atoms with E-state index in [0.717, 1.165) is 0 Å². The fourth-order valence-electron chi connectivity index (χ4n) is 1.45. The van der Waals surface area contributed by atoms with E-state index < -0.39 is 18.0 Å². The van der Waals surface area contributed by atoms with Crippen LogP contribution in [0.3, 0.4) is 0 Å². The Labute approximate surface area is 72.1 Å². The van der Waals surface area contributed by atoms with Crippen molar-refractivity contribution in [3.63, 3.8) is 0 Å². The topological polar surface area (TPSA) is 58.9 Å². The molecule has 0 aromatic heterocycles. The first-order valence-electron chi connectivity index (χ1n) is 4.14. The van der Waals surface area contributed by atoms with Crippen molar-refractivity contribution in [2.45, 2.75) is 44.4 Å². The van der Waals surface area contributed by atoms with Crippen LogP contribution in [0.15, 0.2) is 0 Å². The van der Waals surface area contributed by atoms with Gasteiger partial charge in [-0.25, -0.2) is 0 Å². The van der Waals surface area contributed by atoms with Gasteiger partial charge in [-0.05, 0) is 13.3 Å². The van der Waals surface area contributed by atoms with Crippen molar-refractivity contribution in [2.75, 3.05) is 7.11 Å². The highest BCUT2D eigenvalue weighted by Crippen LogP contribution is 2.32. The number of rotatable bonds is 2. The summed E-state index contributed by atoms with van der Waals surface area (Å²) in [7, 11) is 1.45. The molecule has 0 spiro atoms. The largest absolute Gasteiger partial charge is 0.387 e. The molecule has 0 amide bonds. The quantitative estimate of drug-likeness (QED) is 0.616. The van der Waals surface area contributed by atoms with Crippen molar-refractivity contribution < 1.29 is 19.7 Å². The number of aliphatic hydroxyl groups excluding tert-OH is 2. The number of hydrogen-bond donors (Lipinski definition) is 2. The normalized spacial score (nSPS) is 48.2. The molecule has 1 saturated heterocycles. The molecular weight excluding hydrogens is 160 g/mol. The standard InChI is InChI=1S/C8H16O4/c1-4-5-6(9)7(10)8(2,11-3)12-5/h5-7,9-10H,4H2,1-3H3/t5-,6+,7?,8-/m1/s1. The predicted molar refractivity (Wildman–Crippen MR) is 42.6 cm³/mol. The summed E-state index contributed by atoms with van der Waals surface area (Å²) in [5.74, 6) is -1.06. The summed E-state index contributed by atoms with van der Waals surface area (Å²) < 4.78 is 10.3. The van der Waals surface area contributed by atoms with Gasteiger partial charge in [0, 0.05) is 7.11 Å². The smallest absolute Gasteiger partial charge is 0.194 e. The van der Waals surface area contributed by atoms with Crippen LogP contribution < -0.4 is 0 Å². The van der Waals surface area contributed by atoms with Gasteiger partial charge in [-0.3, -0.25) is 0 Å². The van der Waals surface area contributed by atoms with Gasteiger partial charge in [0.1, 0.15) is 12.2 Å². The van der Waals surface area contributed by atoms with Crippen LogP contribution >= 0.6 is 0 Å². The minimum Gasteiger partial charge on any atom is -0.387 e. The molecule has 1 heterocycles. The first-order valence-corrected chi connectivity index (χ1v) is 4.14. The summed E-state index contributed by atoms with van der Waals surface area (Å²) in [6.45, 7) is 3.51. The maximum Gasteiger partial charge on any atom is 0.194 e. The van der Waals surface area contributed by atoms with Crippen molar-refractivity contribution in [1.29, 1.82) is 0 Å². The van der Waals surface area contributed by atoms with Gasteiger partial charge in [0.05, 0.1) is 6.10 Å². The third-order valence-electron chi connectivity index (χ3n) is 2.43. The van der Waals surface area contributed by atoms with Crippen LogP contribution in [0.4, 0.5) is 0 Å². The molecule has 12 heavy (non-hydrogen) atoms. The van der Waals surface area contributed by atoms with E-state index in [-0.39, 0.29) is 6.10 Å². The number of methoxy groups -OCH3 is 1. The van der Waals surface area contributed by atoms with E-state index in [2.05, 4.69) is 0 Å². The van der Waals surface area contributed by atoms with Gasteiger partial charge >= 0.3 is 0 Å². The van der Waals surface area contributed by atoms with Crippen molar-refractivity contribution in [1.82, 2.24) is 0 Å². The Bertz CT molecular complexity index is 161. The Morgan fingerprint density at radius 3 is 2.33 bits per heavy atom. The Hall–Kier alpha value is -0.160. The lowest BCUT2D eigenvalue weighted by Gasteiger charge is -2.25. The van der Waals surface area contributed by atoms with Gasteiger partial charge < -0.3 is 19.7 Å². The summed E-state index contributed by atoms with van der Waals surface area (Å²) in [6, 6.07) is 0. The van der Waals surface area contributed by atoms with Crippen LogP contribution in [-0.4, -0.2) is 41.4 Å². The first kappa shape index (κ1) is 9.92. The molecule has 0 aromatic rings. The fraction of sp³-hybridized carbons (Fsp3) is 1.00. The van der Waals surface area contributed by atoms with Crippen LogP contribution in [0, 0.1) is 0 Å². The van der Waals surface area contributed by atoms with Gasteiger partial charge in [-0.15, -0.1) is 0 Å². The van der Waals surface area contributed by atoms with Crippen molar-refractivity contribution in [3.05, 3.63) is 0 Å². The van der Waals surface area contributed by atoms with E-state index >= 15 is 0 Å². The fourth-order valence-corrected chi connectivity index (χ4v) is 1.45. The van der Waals surface area contributed by atoms with Crippen LogP contribution in [0.2, 0.25) is 0 Å². The predicted octanol–water partition coefficient (Wildman–Crippen LogP) is -0.120. The molecule has 4 nitrogen and oxygen atoms in total. The van der Waals surface area contributed by atoms with E-state index in [1.807, 2.05) is 6.92 Å². The van der Waals surface area contributed by atoms with E-state index in [1.165, 1.54) is 7.11 Å². The molecule has 0 bridgehead atoms. The maximum absolute atomic E-state index is 9.52. The molecule has 4 atom stereocenters. The lowest BCUT2D eigenvalue weighted by molar-refractivity contribution is -0.232. The summed E-state index contributed by atoms with van der Waals surface area (Å²) in [6.07, 6.45) is -1.48. The second kappa shape index (κ2) is 3.30. The Morgan fingerprint density at radius 1 is 1.50 bits per heavy atom. The Balaban J connectivity index is 2.72. The molecule has 1 unspecified atom stereocenters. The van der Waals surface area contributed by atoms with Gasteiger partial charge in [-0.2, -0.15) is 0 Å². The van der Waals surface area contributed by atoms with Crippen LogP contribution in [0.1, 0.15) is 20.3 Å². The monoisotopic (exact) mass is 176 g/mol. The van der Waals surface area contributed by atoms with Crippen molar-refractivity contribution >= 4 is 0 Å². The second-order valence-corrected chi connectivity index (χ2v) is 3.22. The van der Waals surface area contributed by atoms with Gasteiger partial charge in [0.15, 0.2) is 5.79 Å². The maximum atomic E-state index is 9.52. The third kappa shape index (κ3) is 1.35. The molecule has 1 rings (SSSR count). The van der Waals surface area contributed by atoms with Gasteiger partial charge in [0.2, 0.25) is 0 Å². The van der Waals surface area contributed by atoms with E-state index in [1.54, 1.807) is 6.92 Å². The zero-order valence-electron chi connectivity index (χ0n) is 7.65. The average Bonchev–Trinajstić information content (AvgIpc) is 2.31. The molecule has 0 saturated carbocycles. The van der Waals surface area contributed by atoms with Gasteiger partial charge in [0.25, 0.3) is 0 Å². The van der Waals surface area contributed by atoms with E-state index in [4.69, 9.17) is 9.47 Å². The lowest BCUT2D eigenvalue weighted by Crippen LogP contribution is -2.41. The molecule has 4 heteroatoms. The summed E-state index contributed by atoms with van der Waals surface area (Å²) in [5, 5.41) is 19.0. The number of hydrogen-bond acceptors (Lipinski definition) is 4. The second-order valence-electron chi connectivity index (χ2n) is 3.22. The van der Waals surface area contributed by atoms with Crippen molar-refractivity contribution in [3.8, 4) is 0 Å². The van der Waals surface area contributed by atoms with Crippen molar-refractivity contribution in [2.24, 2.45) is 0 Å². The van der Waals surface area contributed by atoms with E-state index in [0.29, 0.717) is 6.42 Å². The molecule has 1 aliphatic rings. The number of ether oxygens (including phenoxy) is 2. The highest BCUT2D eigenvalue weighted by atomic mass is 16.7. The molecule has 1 fully saturated rings. The molecule has 0 aliphatic carbocycles. The highest BCUT2D eigenvalue weighted by Gasteiger charge is 2.50. The average molecular weight is 176 g/mol. The van der Waals surface area contributed by atoms with E-state index in [9.17, 15) is 10.2 Å². The Kier molecular flexibility index (Phi) is 2.73.